The van der Waals surface area contributed by atoms with Gasteiger partial charge in [0.2, 0.25) is 0 Å². The van der Waals surface area contributed by atoms with Crippen molar-refractivity contribution in [3.8, 4) is 0 Å². The van der Waals surface area contributed by atoms with E-state index in [0.29, 0.717) is 18.0 Å². The molecular formula is C14H20ClNO3S. The molecule has 0 unspecified atom stereocenters. The number of sulfone groups is 1. The SMILES string of the molecule is CN(CCCCCCl)C(=O)c1cccc(S(C)(=O)=O)c1. The number of nitrogens with zero attached hydrogens (tertiary/aromatic N) is 1. The third-order valence-electron chi connectivity index (χ3n) is 2.98. The smallest absolute Gasteiger partial charge is 0.253 e. The van der Waals surface area contributed by atoms with Crippen LogP contribution in [0.25, 0.3) is 0 Å². The van der Waals surface area contributed by atoms with Crippen LogP contribution in [0.4, 0.5) is 0 Å². The van der Waals surface area contributed by atoms with Gasteiger partial charge in [-0.2, -0.15) is 0 Å². The number of alkyl halides is 1. The second kappa shape index (κ2) is 7.64. The minimum Gasteiger partial charge on any atom is -0.342 e. The minimum atomic E-state index is -3.29. The summed E-state index contributed by atoms with van der Waals surface area (Å²) in [7, 11) is -1.58. The zero-order valence-electron chi connectivity index (χ0n) is 11.8. The van der Waals surface area contributed by atoms with E-state index in [9.17, 15) is 13.2 Å². The molecule has 4 nitrogen and oxygen atoms in total. The molecule has 0 heterocycles. The van der Waals surface area contributed by atoms with Gasteiger partial charge in [-0.1, -0.05) is 12.5 Å². The van der Waals surface area contributed by atoms with E-state index >= 15 is 0 Å². The largest absolute Gasteiger partial charge is 0.342 e. The molecule has 1 rings (SSSR count). The Bertz CT molecular complexity index is 557. The van der Waals surface area contributed by atoms with Gasteiger partial charge in [-0.25, -0.2) is 8.42 Å². The van der Waals surface area contributed by atoms with Crippen LogP contribution >= 0.6 is 11.6 Å². The number of amides is 1. The van der Waals surface area contributed by atoms with E-state index in [4.69, 9.17) is 11.6 Å². The van der Waals surface area contributed by atoms with Gasteiger partial charge >= 0.3 is 0 Å². The number of carbonyl (C=O) groups is 1. The third kappa shape index (κ3) is 5.13. The molecule has 0 aliphatic heterocycles. The van der Waals surface area contributed by atoms with Gasteiger partial charge in [0.25, 0.3) is 5.91 Å². The summed E-state index contributed by atoms with van der Waals surface area (Å²) < 4.78 is 23.0. The molecular weight excluding hydrogens is 298 g/mol. The van der Waals surface area contributed by atoms with Crippen LogP contribution in [-0.2, 0) is 9.84 Å². The maximum Gasteiger partial charge on any atom is 0.253 e. The van der Waals surface area contributed by atoms with Gasteiger partial charge in [0, 0.05) is 31.3 Å². The topological polar surface area (TPSA) is 54.5 Å². The molecule has 1 amide bonds. The Hall–Kier alpha value is -1.07. The Balaban J connectivity index is 2.72. The van der Waals surface area contributed by atoms with Crippen molar-refractivity contribution in [1.29, 1.82) is 0 Å². The van der Waals surface area contributed by atoms with Crippen molar-refractivity contribution >= 4 is 27.3 Å². The Labute approximate surface area is 125 Å². The van der Waals surface area contributed by atoms with Gasteiger partial charge < -0.3 is 4.90 Å². The van der Waals surface area contributed by atoms with Crippen molar-refractivity contribution < 1.29 is 13.2 Å². The number of hydrogen-bond acceptors (Lipinski definition) is 3. The average molecular weight is 318 g/mol. The van der Waals surface area contributed by atoms with Gasteiger partial charge in [0.05, 0.1) is 4.90 Å². The summed E-state index contributed by atoms with van der Waals surface area (Å²) in [6.07, 6.45) is 3.94. The fourth-order valence-electron chi connectivity index (χ4n) is 1.80. The second-order valence-electron chi connectivity index (χ2n) is 4.78. The summed E-state index contributed by atoms with van der Waals surface area (Å²) in [6, 6.07) is 6.14. The molecule has 0 aliphatic rings. The number of unbranched alkanes of at least 4 members (excludes halogenated alkanes) is 2. The second-order valence-corrected chi connectivity index (χ2v) is 7.17. The highest BCUT2D eigenvalue weighted by atomic mass is 35.5. The van der Waals surface area contributed by atoms with Crippen molar-refractivity contribution in [1.82, 2.24) is 4.90 Å². The first-order valence-corrected chi connectivity index (χ1v) is 8.90. The van der Waals surface area contributed by atoms with Crippen LogP contribution in [0.3, 0.4) is 0 Å². The summed E-state index contributed by atoms with van der Waals surface area (Å²) in [5, 5.41) is 0. The third-order valence-corrected chi connectivity index (χ3v) is 4.36. The van der Waals surface area contributed by atoms with Crippen LogP contribution in [-0.4, -0.2) is 45.0 Å². The lowest BCUT2D eigenvalue weighted by molar-refractivity contribution is 0.0792. The number of hydrogen-bond donors (Lipinski definition) is 0. The van der Waals surface area contributed by atoms with Gasteiger partial charge in [-0.15, -0.1) is 11.6 Å². The maximum absolute atomic E-state index is 12.2. The molecule has 1 aromatic rings. The molecule has 0 N–H and O–H groups in total. The highest BCUT2D eigenvalue weighted by Crippen LogP contribution is 2.13. The molecule has 0 bridgehead atoms. The molecule has 20 heavy (non-hydrogen) atoms. The van der Waals surface area contributed by atoms with Crippen molar-refractivity contribution in [2.45, 2.75) is 24.2 Å². The van der Waals surface area contributed by atoms with E-state index in [1.807, 2.05) is 0 Å². The van der Waals surface area contributed by atoms with E-state index in [2.05, 4.69) is 0 Å². The fourth-order valence-corrected chi connectivity index (χ4v) is 2.66. The highest BCUT2D eigenvalue weighted by molar-refractivity contribution is 7.90. The van der Waals surface area contributed by atoms with E-state index in [1.54, 1.807) is 24.1 Å². The van der Waals surface area contributed by atoms with Crippen molar-refractivity contribution in [3.05, 3.63) is 29.8 Å². The lowest BCUT2D eigenvalue weighted by atomic mass is 10.2. The number of benzene rings is 1. The molecule has 6 heteroatoms. The fraction of sp³-hybridized carbons (Fsp3) is 0.500. The first kappa shape index (κ1) is 17.0. The molecule has 0 saturated heterocycles. The summed E-state index contributed by atoms with van der Waals surface area (Å²) in [6.45, 7) is 0.638. The zero-order chi connectivity index (χ0) is 15.2. The van der Waals surface area contributed by atoms with Crippen LogP contribution < -0.4 is 0 Å². The first-order valence-electron chi connectivity index (χ1n) is 6.48. The average Bonchev–Trinajstić information content (AvgIpc) is 2.42. The van der Waals surface area contributed by atoms with Crippen LogP contribution in [0, 0.1) is 0 Å². The predicted molar refractivity (Wildman–Crippen MR) is 81.1 cm³/mol. The summed E-state index contributed by atoms with van der Waals surface area (Å²) in [5.74, 6) is 0.468. The van der Waals surface area contributed by atoms with Crippen molar-refractivity contribution in [3.63, 3.8) is 0 Å². The van der Waals surface area contributed by atoms with Crippen LogP contribution in [0.15, 0.2) is 29.2 Å². The Morgan fingerprint density at radius 3 is 2.55 bits per heavy atom. The van der Waals surface area contributed by atoms with E-state index < -0.39 is 9.84 Å². The zero-order valence-corrected chi connectivity index (χ0v) is 13.4. The van der Waals surface area contributed by atoms with Gasteiger partial charge in [0.15, 0.2) is 9.84 Å². The molecule has 0 aromatic heterocycles. The molecule has 0 radical (unpaired) electrons. The van der Waals surface area contributed by atoms with Crippen LogP contribution in [0.2, 0.25) is 0 Å². The summed E-state index contributed by atoms with van der Waals surface area (Å²) in [5.41, 5.74) is 0.396. The van der Waals surface area contributed by atoms with Crippen molar-refractivity contribution in [2.24, 2.45) is 0 Å². The predicted octanol–water partition coefficient (Wildman–Crippen LogP) is 2.57. The molecule has 0 saturated carbocycles. The van der Waals surface area contributed by atoms with Crippen LogP contribution in [0.1, 0.15) is 29.6 Å². The first-order chi connectivity index (χ1) is 9.36. The lowest BCUT2D eigenvalue weighted by Crippen LogP contribution is -2.27. The minimum absolute atomic E-state index is 0.165. The molecule has 0 atom stereocenters. The molecule has 0 spiro atoms. The quantitative estimate of drug-likeness (QED) is 0.573. The lowest BCUT2D eigenvalue weighted by Gasteiger charge is -2.17. The van der Waals surface area contributed by atoms with E-state index in [0.717, 1.165) is 25.5 Å². The van der Waals surface area contributed by atoms with E-state index in [-0.39, 0.29) is 10.8 Å². The van der Waals surface area contributed by atoms with Gasteiger partial charge in [0.1, 0.15) is 0 Å². The summed E-state index contributed by atoms with van der Waals surface area (Å²) in [4.78, 5) is 14.0. The Morgan fingerprint density at radius 1 is 1.25 bits per heavy atom. The number of carbonyl (C=O) groups excluding carboxylic acids is 1. The monoisotopic (exact) mass is 317 g/mol. The maximum atomic E-state index is 12.2. The van der Waals surface area contributed by atoms with E-state index in [1.165, 1.54) is 12.1 Å². The Kier molecular flexibility index (Phi) is 6.49. The van der Waals surface area contributed by atoms with Crippen molar-refractivity contribution in [2.75, 3.05) is 25.7 Å². The molecule has 1 aromatic carbocycles. The Morgan fingerprint density at radius 2 is 1.95 bits per heavy atom. The normalized spacial score (nSPS) is 11.3. The highest BCUT2D eigenvalue weighted by Gasteiger charge is 2.14. The van der Waals surface area contributed by atoms with Gasteiger partial charge in [-0.3, -0.25) is 4.79 Å². The molecule has 0 fully saturated rings. The summed E-state index contributed by atoms with van der Waals surface area (Å²) >= 11 is 5.60. The standard InChI is InChI=1S/C14H20ClNO3S/c1-16(10-5-3-4-9-15)14(17)12-7-6-8-13(11-12)20(2,18)19/h6-8,11H,3-5,9-10H2,1-2H3. The van der Waals surface area contributed by atoms with Gasteiger partial charge in [-0.05, 0) is 31.0 Å². The molecule has 112 valence electrons. The number of rotatable bonds is 7. The molecule has 0 aliphatic carbocycles. The van der Waals surface area contributed by atoms with Crippen LogP contribution in [0.5, 0.6) is 0 Å². The number of halogens is 1.